The lowest BCUT2D eigenvalue weighted by Gasteiger charge is -2.27. The highest BCUT2D eigenvalue weighted by Crippen LogP contribution is 2.38. The highest BCUT2D eigenvalue weighted by molar-refractivity contribution is 9.10. The Balaban J connectivity index is 1.83. The van der Waals surface area contributed by atoms with Gasteiger partial charge in [-0.1, -0.05) is 0 Å². The fourth-order valence-electron chi connectivity index (χ4n) is 3.16. The van der Waals surface area contributed by atoms with Gasteiger partial charge in [0.2, 0.25) is 0 Å². The number of rotatable bonds is 3. The van der Waals surface area contributed by atoms with Crippen LogP contribution in [0.2, 0.25) is 0 Å². The number of aliphatic hydroxyl groups is 1. The molecule has 1 aliphatic carbocycles. The Labute approximate surface area is 131 Å². The fourth-order valence-corrected chi connectivity index (χ4v) is 4.66. The van der Waals surface area contributed by atoms with Gasteiger partial charge in [0.05, 0.1) is 22.0 Å². The number of aliphatic hydroxyl groups excluding tert-OH is 1. The first kappa shape index (κ1) is 14.3. The summed E-state index contributed by atoms with van der Waals surface area (Å²) < 4.78 is 2.90. The summed E-state index contributed by atoms with van der Waals surface area (Å²) in [7, 11) is 1.94. The van der Waals surface area contributed by atoms with Crippen LogP contribution in [0.25, 0.3) is 0 Å². The molecule has 0 radical (unpaired) electrons. The average molecular weight is 355 g/mol. The van der Waals surface area contributed by atoms with E-state index in [4.69, 9.17) is 0 Å². The Bertz CT molecular complexity index is 619. The molecule has 5 heteroatoms. The van der Waals surface area contributed by atoms with Crippen molar-refractivity contribution in [1.29, 1.82) is 0 Å². The minimum absolute atomic E-state index is 0.270. The van der Waals surface area contributed by atoms with Crippen LogP contribution in [0.4, 0.5) is 0 Å². The monoisotopic (exact) mass is 354 g/mol. The van der Waals surface area contributed by atoms with Gasteiger partial charge in [0.25, 0.3) is 0 Å². The van der Waals surface area contributed by atoms with Crippen LogP contribution in [-0.2, 0) is 19.9 Å². The van der Waals surface area contributed by atoms with Crippen molar-refractivity contribution in [3.63, 3.8) is 0 Å². The number of aryl methyl sites for hydroxylation is 3. The molecule has 2 atom stereocenters. The van der Waals surface area contributed by atoms with Gasteiger partial charge in [0.1, 0.15) is 0 Å². The Morgan fingerprint density at radius 1 is 1.60 bits per heavy atom. The fraction of sp³-hybridized carbons (Fsp3) is 0.533. The summed E-state index contributed by atoms with van der Waals surface area (Å²) in [6.07, 6.45) is 3.75. The molecule has 3 nitrogen and oxygen atoms in total. The maximum absolute atomic E-state index is 10.7. The molecule has 3 rings (SSSR count). The van der Waals surface area contributed by atoms with E-state index in [1.165, 1.54) is 23.3 Å². The van der Waals surface area contributed by atoms with Gasteiger partial charge < -0.3 is 5.11 Å². The predicted octanol–water partition coefficient (Wildman–Crippen LogP) is 3.58. The first-order chi connectivity index (χ1) is 9.58. The minimum Gasteiger partial charge on any atom is -0.392 e. The Kier molecular flexibility index (Phi) is 4.02. The second kappa shape index (κ2) is 5.62. The molecule has 0 spiro atoms. The van der Waals surface area contributed by atoms with E-state index in [1.807, 2.05) is 30.0 Å². The molecule has 1 N–H and O–H groups in total. The largest absolute Gasteiger partial charge is 0.392 e. The molecule has 0 aromatic carbocycles. The van der Waals surface area contributed by atoms with Gasteiger partial charge in [0, 0.05) is 24.3 Å². The molecule has 0 saturated carbocycles. The van der Waals surface area contributed by atoms with E-state index in [0.29, 0.717) is 6.42 Å². The Morgan fingerprint density at radius 3 is 3.10 bits per heavy atom. The molecule has 0 saturated heterocycles. The van der Waals surface area contributed by atoms with E-state index in [9.17, 15) is 5.11 Å². The van der Waals surface area contributed by atoms with Crippen molar-refractivity contribution in [3.05, 3.63) is 37.7 Å². The molecular weight excluding hydrogens is 336 g/mol. The van der Waals surface area contributed by atoms with Crippen LogP contribution in [-0.4, -0.2) is 21.0 Å². The summed E-state index contributed by atoms with van der Waals surface area (Å²) in [5, 5.41) is 17.2. The van der Waals surface area contributed by atoms with Crippen molar-refractivity contribution in [3.8, 4) is 0 Å². The first-order valence-electron chi connectivity index (χ1n) is 7.00. The molecule has 1 aliphatic rings. The number of hydrogen-bond acceptors (Lipinski definition) is 3. The van der Waals surface area contributed by atoms with E-state index in [-0.39, 0.29) is 12.0 Å². The van der Waals surface area contributed by atoms with E-state index < -0.39 is 0 Å². The Hall–Kier alpha value is -0.650. The molecule has 2 unspecified atom stereocenters. The molecule has 108 valence electrons. The lowest BCUT2D eigenvalue weighted by atomic mass is 9.82. The van der Waals surface area contributed by atoms with Gasteiger partial charge in [0.15, 0.2) is 0 Å². The SMILES string of the molecule is Cc1nn(C)c(CC(O)C2CCCc3sccc32)c1Br. The molecule has 2 heterocycles. The van der Waals surface area contributed by atoms with E-state index >= 15 is 0 Å². The zero-order chi connectivity index (χ0) is 14.3. The number of halogens is 1. The summed E-state index contributed by atoms with van der Waals surface area (Å²) in [5.74, 6) is 0.270. The summed E-state index contributed by atoms with van der Waals surface area (Å²) in [6.45, 7) is 1.98. The molecule has 0 fully saturated rings. The smallest absolute Gasteiger partial charge is 0.0738 e. The van der Waals surface area contributed by atoms with Crippen LogP contribution in [0.5, 0.6) is 0 Å². The summed E-state index contributed by atoms with van der Waals surface area (Å²) in [6, 6.07) is 2.19. The van der Waals surface area contributed by atoms with Crippen LogP contribution >= 0.6 is 27.3 Å². The van der Waals surface area contributed by atoms with E-state index in [0.717, 1.165) is 22.3 Å². The Morgan fingerprint density at radius 2 is 2.40 bits per heavy atom. The molecule has 0 aliphatic heterocycles. The maximum atomic E-state index is 10.7. The summed E-state index contributed by atoms with van der Waals surface area (Å²) >= 11 is 5.41. The minimum atomic E-state index is -0.338. The molecule has 20 heavy (non-hydrogen) atoms. The molecule has 0 bridgehead atoms. The normalized spacial score (nSPS) is 19.9. The second-order valence-corrected chi connectivity index (χ2v) is 7.33. The highest BCUT2D eigenvalue weighted by Gasteiger charge is 2.29. The van der Waals surface area contributed by atoms with Crippen LogP contribution in [0.15, 0.2) is 15.9 Å². The van der Waals surface area contributed by atoms with Gasteiger partial charge in [-0.3, -0.25) is 4.68 Å². The van der Waals surface area contributed by atoms with Crippen molar-refractivity contribution >= 4 is 27.3 Å². The van der Waals surface area contributed by atoms with Gasteiger partial charge in [-0.25, -0.2) is 0 Å². The van der Waals surface area contributed by atoms with Crippen molar-refractivity contribution in [2.75, 3.05) is 0 Å². The van der Waals surface area contributed by atoms with Gasteiger partial charge >= 0.3 is 0 Å². The standard InChI is InChI=1S/C15H19BrN2OS/c1-9-15(16)12(18(2)17-9)8-13(19)10-4-3-5-14-11(10)6-7-20-14/h6-7,10,13,19H,3-5,8H2,1-2H3. The topological polar surface area (TPSA) is 38.0 Å². The lowest BCUT2D eigenvalue weighted by Crippen LogP contribution is -2.25. The van der Waals surface area contributed by atoms with Crippen LogP contribution in [0, 0.1) is 6.92 Å². The predicted molar refractivity (Wildman–Crippen MR) is 85.4 cm³/mol. The van der Waals surface area contributed by atoms with Gasteiger partial charge in [-0.05, 0) is 59.1 Å². The third kappa shape index (κ3) is 2.47. The maximum Gasteiger partial charge on any atom is 0.0738 e. The first-order valence-corrected chi connectivity index (χ1v) is 8.67. The molecule has 2 aromatic heterocycles. The molecule has 0 amide bonds. The lowest BCUT2D eigenvalue weighted by molar-refractivity contribution is 0.132. The molecular formula is C15H19BrN2OS. The molecule has 2 aromatic rings. The summed E-state index contributed by atoms with van der Waals surface area (Å²) in [5.41, 5.74) is 3.43. The van der Waals surface area contributed by atoms with Gasteiger partial charge in [-0.2, -0.15) is 5.10 Å². The third-order valence-electron chi connectivity index (χ3n) is 4.23. The number of nitrogens with zero attached hydrogens (tertiary/aromatic N) is 2. The van der Waals surface area contributed by atoms with Crippen molar-refractivity contribution in [2.45, 2.75) is 44.6 Å². The van der Waals surface area contributed by atoms with Crippen molar-refractivity contribution in [1.82, 2.24) is 9.78 Å². The third-order valence-corrected chi connectivity index (χ3v) is 6.25. The quantitative estimate of drug-likeness (QED) is 0.914. The summed E-state index contributed by atoms with van der Waals surface area (Å²) in [4.78, 5) is 1.46. The zero-order valence-corrected chi connectivity index (χ0v) is 14.2. The number of aromatic nitrogens is 2. The second-order valence-electron chi connectivity index (χ2n) is 5.54. The van der Waals surface area contributed by atoms with Gasteiger partial charge in [-0.15, -0.1) is 11.3 Å². The highest BCUT2D eigenvalue weighted by atomic mass is 79.9. The van der Waals surface area contributed by atoms with Crippen LogP contribution < -0.4 is 0 Å². The zero-order valence-electron chi connectivity index (χ0n) is 11.8. The average Bonchev–Trinajstić information content (AvgIpc) is 2.99. The van der Waals surface area contributed by atoms with E-state index in [1.54, 1.807) is 0 Å². The van der Waals surface area contributed by atoms with Crippen molar-refractivity contribution < 1.29 is 5.11 Å². The van der Waals surface area contributed by atoms with Crippen LogP contribution in [0.1, 0.15) is 40.6 Å². The van der Waals surface area contributed by atoms with Crippen molar-refractivity contribution in [2.24, 2.45) is 7.05 Å². The van der Waals surface area contributed by atoms with Crippen LogP contribution in [0.3, 0.4) is 0 Å². The number of hydrogen-bond donors (Lipinski definition) is 1. The number of fused-ring (bicyclic) bond motifs is 1. The van der Waals surface area contributed by atoms with E-state index in [2.05, 4.69) is 32.5 Å². The number of thiophene rings is 1.